The highest BCUT2D eigenvalue weighted by Gasteiger charge is 2.53. The molecule has 0 spiro atoms. The molecule has 2 aliphatic rings. The van der Waals surface area contributed by atoms with E-state index in [4.69, 9.17) is 14.2 Å². The van der Waals surface area contributed by atoms with Gasteiger partial charge in [-0.3, -0.25) is 9.59 Å². The van der Waals surface area contributed by atoms with Gasteiger partial charge < -0.3 is 14.2 Å². The average Bonchev–Trinajstić information content (AvgIpc) is 3.01. The Hall–Kier alpha value is -1.10. The number of rotatable bonds is 8. The van der Waals surface area contributed by atoms with E-state index in [1.54, 1.807) is 0 Å². The third kappa shape index (κ3) is 3.45. The highest BCUT2D eigenvalue weighted by molar-refractivity contribution is 5.75. The summed E-state index contributed by atoms with van der Waals surface area (Å²) in [5, 5.41) is 0. The zero-order valence-corrected chi connectivity index (χ0v) is 14.0. The number of ether oxygens (including phenoxy) is 3. The van der Waals surface area contributed by atoms with Gasteiger partial charge in [0, 0.05) is 5.92 Å². The molecule has 0 radical (unpaired) electrons. The molecule has 5 nitrogen and oxygen atoms in total. The van der Waals surface area contributed by atoms with Crippen molar-refractivity contribution in [2.75, 3.05) is 13.2 Å². The van der Waals surface area contributed by atoms with Crippen LogP contribution in [0.1, 0.15) is 47.0 Å². The van der Waals surface area contributed by atoms with Gasteiger partial charge in [0.2, 0.25) is 0 Å². The average molecular weight is 312 g/mol. The summed E-state index contributed by atoms with van der Waals surface area (Å²) in [5.74, 6) is 1.24. The Morgan fingerprint density at radius 3 is 2.59 bits per heavy atom. The van der Waals surface area contributed by atoms with E-state index in [1.807, 2.05) is 20.8 Å². The van der Waals surface area contributed by atoms with Crippen molar-refractivity contribution in [2.24, 2.45) is 23.2 Å². The Morgan fingerprint density at radius 1 is 1.23 bits per heavy atom. The predicted octanol–water partition coefficient (Wildman–Crippen LogP) is 2.57. The van der Waals surface area contributed by atoms with E-state index >= 15 is 0 Å². The second-order valence-electron chi connectivity index (χ2n) is 7.28. The molecule has 5 unspecified atom stereocenters. The van der Waals surface area contributed by atoms with Crippen molar-refractivity contribution in [3.8, 4) is 0 Å². The Morgan fingerprint density at radius 2 is 1.95 bits per heavy atom. The van der Waals surface area contributed by atoms with Crippen molar-refractivity contribution >= 4 is 12.4 Å². The molecule has 2 rings (SSSR count). The minimum atomic E-state index is -0.453. The lowest BCUT2D eigenvalue weighted by Gasteiger charge is -2.32. The van der Waals surface area contributed by atoms with E-state index in [0.717, 1.165) is 19.3 Å². The molecule has 0 N–H and O–H groups in total. The molecule has 0 aromatic heterocycles. The summed E-state index contributed by atoms with van der Waals surface area (Å²) in [5.41, 5.74) is -0.453. The van der Waals surface area contributed by atoms with Gasteiger partial charge in [0.05, 0.1) is 18.1 Å². The fourth-order valence-electron chi connectivity index (χ4n) is 3.70. The molecule has 2 aliphatic carbocycles. The van der Waals surface area contributed by atoms with Gasteiger partial charge in [-0.2, -0.15) is 0 Å². The third-order valence-electron chi connectivity index (χ3n) is 5.47. The van der Waals surface area contributed by atoms with E-state index in [2.05, 4.69) is 6.92 Å². The van der Waals surface area contributed by atoms with Crippen molar-refractivity contribution in [2.45, 2.75) is 59.2 Å². The van der Waals surface area contributed by atoms with Gasteiger partial charge in [-0.05, 0) is 44.9 Å². The van der Waals surface area contributed by atoms with Crippen LogP contribution in [0.25, 0.3) is 0 Å². The van der Waals surface area contributed by atoms with Crippen LogP contribution in [0.2, 0.25) is 0 Å². The first-order valence-corrected chi connectivity index (χ1v) is 8.28. The molecule has 5 atom stereocenters. The lowest BCUT2D eigenvalue weighted by molar-refractivity contribution is -0.160. The van der Waals surface area contributed by atoms with E-state index in [-0.39, 0.29) is 24.8 Å². The Bertz CT molecular complexity index is 406. The number of carbonyl (C=O) groups excluding carboxylic acids is 2. The molecule has 2 fully saturated rings. The molecule has 0 aromatic rings. The van der Waals surface area contributed by atoms with Crippen molar-refractivity contribution in [3.63, 3.8) is 0 Å². The number of esters is 1. The molecule has 2 saturated carbocycles. The summed E-state index contributed by atoms with van der Waals surface area (Å²) in [6.07, 6.45) is 2.73. The van der Waals surface area contributed by atoms with Gasteiger partial charge in [0.15, 0.2) is 0 Å². The highest BCUT2D eigenvalue weighted by atomic mass is 16.6. The van der Waals surface area contributed by atoms with E-state index in [9.17, 15) is 9.59 Å². The largest absolute Gasteiger partial charge is 0.463 e. The van der Waals surface area contributed by atoms with Gasteiger partial charge in [-0.25, -0.2) is 0 Å². The lowest BCUT2D eigenvalue weighted by Crippen LogP contribution is -2.40. The van der Waals surface area contributed by atoms with Crippen LogP contribution in [0.5, 0.6) is 0 Å². The number of hydrogen-bond acceptors (Lipinski definition) is 5. The summed E-state index contributed by atoms with van der Waals surface area (Å²) in [4.78, 5) is 22.6. The van der Waals surface area contributed by atoms with E-state index in [1.165, 1.54) is 0 Å². The topological polar surface area (TPSA) is 61.8 Å². The molecular formula is C17H28O5. The molecule has 5 heteroatoms. The molecule has 2 bridgehead atoms. The first-order valence-electron chi connectivity index (χ1n) is 8.28. The Labute approximate surface area is 132 Å². The first-order chi connectivity index (χ1) is 10.4. The zero-order chi connectivity index (χ0) is 16.3. The predicted molar refractivity (Wildman–Crippen MR) is 81.1 cm³/mol. The van der Waals surface area contributed by atoms with Gasteiger partial charge in [0.25, 0.3) is 6.47 Å². The molecule has 0 aliphatic heterocycles. The smallest absolute Gasteiger partial charge is 0.311 e. The van der Waals surface area contributed by atoms with Crippen LogP contribution in [0.15, 0.2) is 0 Å². The van der Waals surface area contributed by atoms with Crippen LogP contribution >= 0.6 is 0 Å². The van der Waals surface area contributed by atoms with Crippen molar-refractivity contribution in [1.82, 2.24) is 0 Å². The van der Waals surface area contributed by atoms with Crippen LogP contribution in [-0.2, 0) is 23.8 Å². The molecule has 0 amide bonds. The second-order valence-corrected chi connectivity index (χ2v) is 7.28. The van der Waals surface area contributed by atoms with Crippen LogP contribution in [0, 0.1) is 23.2 Å². The van der Waals surface area contributed by atoms with Crippen LogP contribution < -0.4 is 0 Å². The monoisotopic (exact) mass is 312 g/mol. The fourth-order valence-corrected chi connectivity index (χ4v) is 3.70. The van der Waals surface area contributed by atoms with Gasteiger partial charge >= 0.3 is 5.97 Å². The minimum absolute atomic E-state index is 0.0516. The summed E-state index contributed by atoms with van der Waals surface area (Å²) in [6, 6.07) is 0. The quantitative estimate of drug-likeness (QED) is 0.391. The van der Waals surface area contributed by atoms with Crippen molar-refractivity contribution in [1.29, 1.82) is 0 Å². The molecular weight excluding hydrogens is 284 g/mol. The standard InChI is InChI=1S/C17H28O5/c1-5-17(3,4)16(19)21-7-6-20-14-12-8-11(2)13(9-12)15(14)22-10-18/h10-15H,5-9H2,1-4H3. The molecule has 126 valence electrons. The maximum atomic E-state index is 11.9. The first kappa shape index (κ1) is 17.3. The summed E-state index contributed by atoms with van der Waals surface area (Å²) >= 11 is 0. The summed E-state index contributed by atoms with van der Waals surface area (Å²) in [7, 11) is 0. The third-order valence-corrected chi connectivity index (χ3v) is 5.47. The van der Waals surface area contributed by atoms with Gasteiger partial charge in [0.1, 0.15) is 12.7 Å². The second kappa shape index (κ2) is 6.99. The van der Waals surface area contributed by atoms with Crippen molar-refractivity contribution in [3.05, 3.63) is 0 Å². The number of carbonyl (C=O) groups is 2. The van der Waals surface area contributed by atoms with E-state index in [0.29, 0.717) is 30.8 Å². The van der Waals surface area contributed by atoms with Crippen molar-refractivity contribution < 1.29 is 23.8 Å². The fraction of sp³-hybridized carbons (Fsp3) is 0.882. The maximum Gasteiger partial charge on any atom is 0.311 e. The lowest BCUT2D eigenvalue weighted by atomic mass is 9.86. The number of fused-ring (bicyclic) bond motifs is 2. The minimum Gasteiger partial charge on any atom is -0.463 e. The zero-order valence-electron chi connectivity index (χ0n) is 14.0. The summed E-state index contributed by atoms with van der Waals surface area (Å²) in [6.45, 7) is 9.05. The van der Waals surface area contributed by atoms with Gasteiger partial charge in [-0.1, -0.05) is 13.8 Å². The maximum absolute atomic E-state index is 11.9. The number of hydrogen-bond donors (Lipinski definition) is 0. The Kier molecular flexibility index (Phi) is 5.48. The Balaban J connectivity index is 1.77. The van der Waals surface area contributed by atoms with Gasteiger partial charge in [-0.15, -0.1) is 0 Å². The molecule has 22 heavy (non-hydrogen) atoms. The summed E-state index contributed by atoms with van der Waals surface area (Å²) < 4.78 is 16.4. The molecule has 0 aromatic carbocycles. The van der Waals surface area contributed by atoms with Crippen LogP contribution in [-0.4, -0.2) is 37.9 Å². The highest BCUT2D eigenvalue weighted by Crippen LogP contribution is 2.50. The normalized spacial score (nSPS) is 33.7. The molecule has 0 saturated heterocycles. The molecule has 0 heterocycles. The van der Waals surface area contributed by atoms with Crippen LogP contribution in [0.4, 0.5) is 0 Å². The SMILES string of the molecule is CCC(C)(C)C(=O)OCCOC1C2CC(C)C(C2)C1OC=O. The van der Waals surface area contributed by atoms with E-state index < -0.39 is 5.41 Å². The van der Waals surface area contributed by atoms with Crippen LogP contribution in [0.3, 0.4) is 0 Å².